The summed E-state index contributed by atoms with van der Waals surface area (Å²) in [6, 6.07) is 3.95. The second-order valence-electron chi connectivity index (χ2n) is 6.47. The third-order valence-corrected chi connectivity index (χ3v) is 4.16. The maximum absolute atomic E-state index is 12.9. The summed E-state index contributed by atoms with van der Waals surface area (Å²) in [6.07, 6.45) is -18.3. The standard InChI is InChI=1S/C19H9F11O2/c20-16(21,19(28,29)30)15(32)8-14(31)10-3-1-9(2-4-10)11-5-12(17(22,23)24)7-13(6-11)18(25,26)27/h1-7H,8H2. The van der Waals surface area contributed by atoms with E-state index >= 15 is 0 Å². The van der Waals surface area contributed by atoms with Gasteiger partial charge in [-0.3, -0.25) is 9.59 Å². The van der Waals surface area contributed by atoms with Crippen molar-refractivity contribution in [3.63, 3.8) is 0 Å². The molecule has 2 aromatic rings. The highest BCUT2D eigenvalue weighted by molar-refractivity contribution is 6.10. The average molecular weight is 478 g/mol. The van der Waals surface area contributed by atoms with Crippen molar-refractivity contribution in [2.75, 3.05) is 0 Å². The molecule has 0 saturated heterocycles. The minimum absolute atomic E-state index is 0.103. The molecule has 0 amide bonds. The predicted octanol–water partition coefficient (Wildman–Crippen LogP) is 6.73. The molecule has 32 heavy (non-hydrogen) atoms. The first-order chi connectivity index (χ1) is 14.3. The van der Waals surface area contributed by atoms with Crippen LogP contribution in [0.4, 0.5) is 48.3 Å². The highest BCUT2D eigenvalue weighted by Gasteiger charge is 2.62. The Morgan fingerprint density at radius 2 is 1.06 bits per heavy atom. The first-order valence-corrected chi connectivity index (χ1v) is 8.25. The van der Waals surface area contributed by atoms with E-state index in [-0.39, 0.29) is 11.6 Å². The molecule has 0 bridgehead atoms. The number of halogens is 11. The first kappa shape index (κ1) is 25.3. The molecule has 0 aliphatic heterocycles. The molecule has 2 nitrogen and oxygen atoms in total. The normalized spacial score (nSPS) is 13.2. The van der Waals surface area contributed by atoms with E-state index in [1.165, 1.54) is 0 Å². The van der Waals surface area contributed by atoms with Crippen LogP contribution >= 0.6 is 0 Å². The number of rotatable bonds is 5. The van der Waals surface area contributed by atoms with E-state index in [4.69, 9.17) is 0 Å². The van der Waals surface area contributed by atoms with Gasteiger partial charge in [-0.2, -0.15) is 48.3 Å². The summed E-state index contributed by atoms with van der Waals surface area (Å²) in [5.41, 5.74) is -4.57. The number of hydrogen-bond donors (Lipinski definition) is 0. The van der Waals surface area contributed by atoms with Crippen molar-refractivity contribution >= 4 is 11.6 Å². The Morgan fingerprint density at radius 1 is 0.625 bits per heavy atom. The largest absolute Gasteiger partial charge is 0.461 e. The molecule has 13 heteroatoms. The van der Waals surface area contributed by atoms with Crippen molar-refractivity contribution in [1.82, 2.24) is 0 Å². The molecule has 2 aromatic carbocycles. The summed E-state index contributed by atoms with van der Waals surface area (Å²) in [6.45, 7) is 0. The molecule has 0 fully saturated rings. The highest BCUT2D eigenvalue weighted by Crippen LogP contribution is 2.39. The van der Waals surface area contributed by atoms with E-state index in [0.29, 0.717) is 12.1 Å². The lowest BCUT2D eigenvalue weighted by Crippen LogP contribution is -2.44. The molecule has 0 heterocycles. The molecule has 0 N–H and O–H groups in total. The number of ketones is 2. The summed E-state index contributed by atoms with van der Waals surface area (Å²) in [4.78, 5) is 23.0. The van der Waals surface area contributed by atoms with Gasteiger partial charge >= 0.3 is 24.5 Å². The molecule has 0 saturated carbocycles. The Balaban J connectivity index is 2.35. The molecular formula is C19H9F11O2. The molecule has 2 rings (SSSR count). The zero-order valence-electron chi connectivity index (χ0n) is 15.2. The molecular weight excluding hydrogens is 469 g/mol. The van der Waals surface area contributed by atoms with Gasteiger partial charge in [0.15, 0.2) is 5.78 Å². The van der Waals surface area contributed by atoms with Crippen molar-refractivity contribution < 1.29 is 57.9 Å². The van der Waals surface area contributed by atoms with Gasteiger partial charge in [0, 0.05) is 5.56 Å². The van der Waals surface area contributed by atoms with Crippen LogP contribution in [0.3, 0.4) is 0 Å². The second kappa shape index (κ2) is 8.17. The van der Waals surface area contributed by atoms with Crippen molar-refractivity contribution in [1.29, 1.82) is 0 Å². The fourth-order valence-electron chi connectivity index (χ4n) is 2.49. The molecule has 0 aliphatic rings. The lowest BCUT2D eigenvalue weighted by atomic mass is 9.96. The summed E-state index contributed by atoms with van der Waals surface area (Å²) in [5, 5.41) is 0. The Labute approximate surface area is 171 Å². The van der Waals surface area contributed by atoms with Gasteiger partial charge in [0.1, 0.15) is 0 Å². The van der Waals surface area contributed by atoms with Crippen LogP contribution in [0.25, 0.3) is 11.1 Å². The van der Waals surface area contributed by atoms with Crippen molar-refractivity contribution in [3.8, 4) is 11.1 Å². The number of benzene rings is 2. The highest BCUT2D eigenvalue weighted by atomic mass is 19.4. The topological polar surface area (TPSA) is 34.1 Å². The Hall–Kier alpha value is -2.99. The smallest absolute Gasteiger partial charge is 0.294 e. The van der Waals surface area contributed by atoms with E-state index in [9.17, 15) is 57.9 Å². The maximum atomic E-state index is 12.9. The fraction of sp³-hybridized carbons (Fsp3) is 0.263. The Morgan fingerprint density at radius 3 is 1.44 bits per heavy atom. The fourth-order valence-corrected chi connectivity index (χ4v) is 2.49. The van der Waals surface area contributed by atoms with Gasteiger partial charge in [0.25, 0.3) is 0 Å². The van der Waals surface area contributed by atoms with Crippen LogP contribution in [-0.4, -0.2) is 23.7 Å². The quantitative estimate of drug-likeness (QED) is 0.271. The van der Waals surface area contributed by atoms with Crippen molar-refractivity contribution in [2.45, 2.75) is 30.9 Å². The molecule has 0 unspecified atom stereocenters. The number of hydrogen-bond acceptors (Lipinski definition) is 2. The Bertz CT molecular complexity index is 981. The third-order valence-electron chi connectivity index (χ3n) is 4.16. The van der Waals surface area contributed by atoms with Crippen LogP contribution < -0.4 is 0 Å². The van der Waals surface area contributed by atoms with Crippen LogP contribution in [0.15, 0.2) is 42.5 Å². The zero-order chi connectivity index (χ0) is 24.7. The van der Waals surface area contributed by atoms with Gasteiger partial charge in [-0.15, -0.1) is 0 Å². The minimum atomic E-state index is -6.21. The monoisotopic (exact) mass is 478 g/mol. The first-order valence-electron chi connectivity index (χ1n) is 8.25. The van der Waals surface area contributed by atoms with Crippen molar-refractivity contribution in [3.05, 3.63) is 59.2 Å². The van der Waals surface area contributed by atoms with Gasteiger partial charge in [-0.25, -0.2) is 0 Å². The molecule has 0 radical (unpaired) electrons. The van der Waals surface area contributed by atoms with Crippen molar-refractivity contribution in [2.24, 2.45) is 0 Å². The summed E-state index contributed by atoms with van der Waals surface area (Å²) in [5.74, 6) is -9.94. The van der Waals surface area contributed by atoms with E-state index < -0.39 is 64.7 Å². The van der Waals surface area contributed by atoms with Gasteiger partial charge in [0.2, 0.25) is 5.78 Å². The van der Waals surface area contributed by atoms with Crippen LogP contribution in [0.2, 0.25) is 0 Å². The molecule has 0 atom stereocenters. The maximum Gasteiger partial charge on any atom is 0.461 e. The lowest BCUT2D eigenvalue weighted by Gasteiger charge is -2.17. The van der Waals surface area contributed by atoms with E-state index in [1.807, 2.05) is 0 Å². The van der Waals surface area contributed by atoms with Crippen LogP contribution in [0, 0.1) is 0 Å². The van der Waals surface area contributed by atoms with Crippen LogP contribution in [-0.2, 0) is 17.1 Å². The number of Topliss-reactive ketones (excluding diaryl/α,β-unsaturated/α-hetero) is 2. The summed E-state index contributed by atoms with van der Waals surface area (Å²) in [7, 11) is 0. The lowest BCUT2D eigenvalue weighted by molar-refractivity contribution is -0.268. The van der Waals surface area contributed by atoms with E-state index in [1.54, 1.807) is 0 Å². The summed E-state index contributed by atoms with van der Waals surface area (Å²) < 4.78 is 140. The van der Waals surface area contributed by atoms with Gasteiger partial charge in [-0.05, 0) is 29.3 Å². The van der Waals surface area contributed by atoms with Gasteiger partial charge in [-0.1, -0.05) is 24.3 Å². The Kier molecular flexibility index (Phi) is 6.45. The second-order valence-corrected chi connectivity index (χ2v) is 6.47. The summed E-state index contributed by atoms with van der Waals surface area (Å²) >= 11 is 0. The molecule has 0 spiro atoms. The number of carbonyl (C=O) groups excluding carboxylic acids is 2. The van der Waals surface area contributed by atoms with Gasteiger partial charge < -0.3 is 0 Å². The van der Waals surface area contributed by atoms with Crippen LogP contribution in [0.5, 0.6) is 0 Å². The predicted molar refractivity (Wildman–Crippen MR) is 86.8 cm³/mol. The van der Waals surface area contributed by atoms with Gasteiger partial charge in [0.05, 0.1) is 17.5 Å². The number of alkyl halides is 11. The van der Waals surface area contributed by atoms with E-state index in [2.05, 4.69) is 0 Å². The third kappa shape index (κ3) is 5.43. The molecule has 174 valence electrons. The van der Waals surface area contributed by atoms with Crippen LogP contribution in [0.1, 0.15) is 27.9 Å². The van der Waals surface area contributed by atoms with E-state index in [0.717, 1.165) is 24.3 Å². The number of carbonyl (C=O) groups is 2. The molecule has 0 aliphatic carbocycles. The average Bonchev–Trinajstić information content (AvgIpc) is 2.65. The molecule has 0 aromatic heterocycles. The SMILES string of the molecule is O=C(CC(=O)C(F)(F)C(F)(F)F)c1ccc(-c2cc(C(F)(F)F)cc(C(F)(F)F)c2)cc1. The minimum Gasteiger partial charge on any atom is -0.294 e. The zero-order valence-corrected chi connectivity index (χ0v) is 15.2.